The molecule has 0 bridgehead atoms. The number of rotatable bonds is 11. The molecule has 0 aliphatic carbocycles. The maximum absolute atomic E-state index is 13.0. The van der Waals surface area contributed by atoms with Crippen molar-refractivity contribution in [3.63, 3.8) is 0 Å². The van der Waals surface area contributed by atoms with Gasteiger partial charge >= 0.3 is 0 Å². The smallest absolute Gasteiger partial charge is 0.272 e. The lowest BCUT2D eigenvalue weighted by molar-refractivity contribution is -0.121. The lowest BCUT2D eigenvalue weighted by atomic mass is 10.1. The first kappa shape index (κ1) is 23.2. The Morgan fingerprint density at radius 2 is 1.94 bits per heavy atom. The Hall–Kier alpha value is -3.00. The molecule has 33 heavy (non-hydrogen) atoms. The van der Waals surface area contributed by atoms with Crippen LogP contribution in [-0.2, 0) is 24.2 Å². The van der Waals surface area contributed by atoms with Gasteiger partial charge in [-0.2, -0.15) is 0 Å². The van der Waals surface area contributed by atoms with E-state index in [0.29, 0.717) is 35.7 Å². The van der Waals surface area contributed by atoms with Crippen LogP contribution >= 0.6 is 11.3 Å². The fourth-order valence-electron chi connectivity index (χ4n) is 4.14. The molecule has 8 heteroatoms. The van der Waals surface area contributed by atoms with Gasteiger partial charge in [0.1, 0.15) is 10.5 Å². The predicted octanol–water partition coefficient (Wildman–Crippen LogP) is 4.37. The molecule has 7 nitrogen and oxygen atoms in total. The molecule has 174 valence electrons. The zero-order chi connectivity index (χ0) is 23.2. The number of aromatic nitrogens is 4. The minimum atomic E-state index is -0.00691. The van der Waals surface area contributed by atoms with E-state index in [1.165, 1.54) is 16.9 Å². The summed E-state index contributed by atoms with van der Waals surface area (Å²) in [7, 11) is 0. The topological polar surface area (TPSA) is 81.3 Å². The van der Waals surface area contributed by atoms with E-state index in [4.69, 9.17) is 0 Å². The van der Waals surface area contributed by atoms with Crippen molar-refractivity contribution in [3.8, 4) is 0 Å². The number of carbonyl (C=O) groups is 1. The van der Waals surface area contributed by atoms with Crippen molar-refractivity contribution in [3.05, 3.63) is 63.5 Å². The first-order valence-electron chi connectivity index (χ1n) is 11.8. The summed E-state index contributed by atoms with van der Waals surface area (Å²) in [6, 6.07) is 12.3. The van der Waals surface area contributed by atoms with Crippen molar-refractivity contribution in [1.82, 2.24) is 24.5 Å². The molecule has 0 spiro atoms. The summed E-state index contributed by atoms with van der Waals surface area (Å²) in [5.74, 6) is 1.28. The van der Waals surface area contributed by atoms with E-state index in [-0.39, 0.29) is 17.5 Å². The quantitative estimate of drug-likeness (QED) is 0.334. The summed E-state index contributed by atoms with van der Waals surface area (Å²) < 4.78 is 4.39. The molecule has 0 aliphatic rings. The minimum absolute atomic E-state index is 0.00476. The first-order chi connectivity index (χ1) is 16.1. The molecule has 0 saturated carbocycles. The van der Waals surface area contributed by atoms with E-state index in [1.807, 2.05) is 41.0 Å². The van der Waals surface area contributed by atoms with E-state index >= 15 is 0 Å². The maximum atomic E-state index is 13.0. The van der Waals surface area contributed by atoms with Gasteiger partial charge in [0, 0.05) is 25.4 Å². The maximum Gasteiger partial charge on any atom is 0.272 e. The Bertz CT molecular complexity index is 1270. The molecule has 0 aliphatic heterocycles. The highest BCUT2D eigenvalue weighted by Gasteiger charge is 2.18. The average molecular weight is 466 g/mol. The molecule has 0 unspecified atom stereocenters. The normalized spacial score (nSPS) is 12.4. The molecule has 1 aromatic carbocycles. The van der Waals surface area contributed by atoms with E-state index < -0.39 is 0 Å². The zero-order valence-electron chi connectivity index (χ0n) is 19.3. The van der Waals surface area contributed by atoms with Crippen molar-refractivity contribution in [2.24, 2.45) is 0 Å². The van der Waals surface area contributed by atoms with Gasteiger partial charge in [-0.15, -0.1) is 21.5 Å². The number of amides is 1. The van der Waals surface area contributed by atoms with Crippen LogP contribution in [0.4, 0.5) is 0 Å². The van der Waals surface area contributed by atoms with Gasteiger partial charge in [-0.25, -0.2) is 0 Å². The lowest BCUT2D eigenvalue weighted by Crippen LogP contribution is -2.33. The van der Waals surface area contributed by atoms with Crippen LogP contribution in [0.25, 0.3) is 16.0 Å². The Morgan fingerprint density at radius 1 is 1.12 bits per heavy atom. The second kappa shape index (κ2) is 10.7. The van der Waals surface area contributed by atoms with Gasteiger partial charge in [-0.3, -0.25) is 18.6 Å². The van der Waals surface area contributed by atoms with Crippen LogP contribution in [0.3, 0.4) is 0 Å². The predicted molar refractivity (Wildman–Crippen MR) is 133 cm³/mol. The third-order valence-corrected chi connectivity index (χ3v) is 6.85. The Kier molecular flexibility index (Phi) is 7.54. The zero-order valence-corrected chi connectivity index (χ0v) is 20.1. The molecular weight excluding hydrogens is 434 g/mol. The highest BCUT2D eigenvalue weighted by Crippen LogP contribution is 2.20. The van der Waals surface area contributed by atoms with Crippen molar-refractivity contribution in [1.29, 1.82) is 0 Å². The molecule has 1 atom stereocenters. The van der Waals surface area contributed by atoms with Crippen molar-refractivity contribution < 1.29 is 4.79 Å². The molecule has 0 saturated heterocycles. The van der Waals surface area contributed by atoms with Crippen LogP contribution < -0.4 is 10.9 Å². The van der Waals surface area contributed by atoms with Gasteiger partial charge < -0.3 is 5.32 Å². The van der Waals surface area contributed by atoms with Crippen LogP contribution in [0.1, 0.15) is 57.3 Å². The first-order valence-corrected chi connectivity index (χ1v) is 12.6. The number of hydrogen-bond acceptors (Lipinski definition) is 5. The van der Waals surface area contributed by atoms with Gasteiger partial charge in [0.15, 0.2) is 0 Å². The molecule has 1 amide bonds. The second-order valence-electron chi connectivity index (χ2n) is 8.54. The van der Waals surface area contributed by atoms with Gasteiger partial charge in [0.2, 0.25) is 11.7 Å². The van der Waals surface area contributed by atoms with E-state index in [0.717, 1.165) is 37.6 Å². The van der Waals surface area contributed by atoms with Crippen molar-refractivity contribution in [2.45, 2.75) is 71.4 Å². The lowest BCUT2D eigenvalue weighted by Gasteiger charge is -2.14. The van der Waals surface area contributed by atoms with Gasteiger partial charge in [-0.05, 0) is 43.2 Å². The number of hydrogen-bond donors (Lipinski definition) is 1. The van der Waals surface area contributed by atoms with Gasteiger partial charge in [-0.1, -0.05) is 50.1 Å². The summed E-state index contributed by atoms with van der Waals surface area (Å²) >= 11 is 1.44. The van der Waals surface area contributed by atoms with Crippen LogP contribution in [0.5, 0.6) is 0 Å². The highest BCUT2D eigenvalue weighted by molar-refractivity contribution is 7.17. The number of aryl methyl sites for hydroxylation is 3. The molecule has 1 N–H and O–H groups in total. The second-order valence-corrected chi connectivity index (χ2v) is 9.46. The Balaban J connectivity index is 1.44. The average Bonchev–Trinajstić information content (AvgIpc) is 3.46. The molecule has 4 aromatic rings. The summed E-state index contributed by atoms with van der Waals surface area (Å²) in [5, 5.41) is 13.7. The standard InChI is InChI=1S/C25H31N5O2S/c1-3-4-8-16-29-24(32)23-20(15-17-33-23)30-21(27-28-25(29)30)13-14-22(31)26-18(2)11-12-19-9-6-5-7-10-19/h5-7,9-10,15,17-18H,3-4,8,11-14,16H2,1-2H3,(H,26,31)/t18-/m0/s1. The summed E-state index contributed by atoms with van der Waals surface area (Å²) in [4.78, 5) is 25.6. The van der Waals surface area contributed by atoms with Gasteiger partial charge in [0.25, 0.3) is 5.56 Å². The number of unbranched alkanes of at least 4 members (excludes halogenated alkanes) is 2. The van der Waals surface area contributed by atoms with E-state index in [2.05, 4.69) is 34.6 Å². The fourth-order valence-corrected chi connectivity index (χ4v) is 4.96. The number of thiophene rings is 1. The van der Waals surface area contributed by atoms with E-state index in [1.54, 1.807) is 4.57 Å². The van der Waals surface area contributed by atoms with Gasteiger partial charge in [0.05, 0.1) is 5.52 Å². The molecule has 3 aromatic heterocycles. The summed E-state index contributed by atoms with van der Waals surface area (Å²) in [5.41, 5.74) is 2.09. The molecular formula is C25H31N5O2S. The van der Waals surface area contributed by atoms with Crippen LogP contribution in [0.2, 0.25) is 0 Å². The Labute approximate surface area is 197 Å². The van der Waals surface area contributed by atoms with Crippen molar-refractivity contribution in [2.75, 3.05) is 0 Å². The van der Waals surface area contributed by atoms with Crippen LogP contribution in [-0.4, -0.2) is 31.1 Å². The van der Waals surface area contributed by atoms with Crippen molar-refractivity contribution >= 4 is 33.2 Å². The minimum Gasteiger partial charge on any atom is -0.354 e. The third-order valence-electron chi connectivity index (χ3n) is 5.96. The number of benzene rings is 1. The number of carbonyl (C=O) groups excluding carboxylic acids is 1. The number of fused-ring (bicyclic) bond motifs is 3. The van der Waals surface area contributed by atoms with Crippen LogP contribution in [0, 0.1) is 0 Å². The molecule has 0 radical (unpaired) electrons. The number of nitrogens with zero attached hydrogens (tertiary/aromatic N) is 4. The fraction of sp³-hybridized carbons (Fsp3) is 0.440. The highest BCUT2D eigenvalue weighted by atomic mass is 32.1. The van der Waals surface area contributed by atoms with Crippen LogP contribution in [0.15, 0.2) is 46.6 Å². The third kappa shape index (κ3) is 5.33. The molecule has 3 heterocycles. The summed E-state index contributed by atoms with van der Waals surface area (Å²) in [6.45, 7) is 4.81. The summed E-state index contributed by atoms with van der Waals surface area (Å²) in [6.07, 6.45) is 5.70. The Morgan fingerprint density at radius 3 is 2.73 bits per heavy atom. The van der Waals surface area contributed by atoms with E-state index in [9.17, 15) is 9.59 Å². The molecule has 0 fully saturated rings. The SMILES string of the molecule is CCCCCn1c(=O)c2sccc2n2c(CCC(=O)N[C@@H](C)CCc3ccccc3)nnc12. The largest absolute Gasteiger partial charge is 0.354 e. The monoisotopic (exact) mass is 465 g/mol. The number of nitrogens with one attached hydrogen (secondary N) is 1. The molecule has 4 rings (SSSR count).